The third kappa shape index (κ3) is 4.57. The third-order valence-corrected chi connectivity index (χ3v) is 5.97. The number of amides is 1. The minimum atomic E-state index is -0.0281. The van der Waals surface area contributed by atoms with Crippen molar-refractivity contribution >= 4 is 17.4 Å². The minimum absolute atomic E-state index is 0.0281. The van der Waals surface area contributed by atoms with Crippen molar-refractivity contribution in [3.8, 4) is 28.5 Å². The molecule has 2 aromatic carbocycles. The molecule has 9 nitrogen and oxygen atoms in total. The van der Waals surface area contributed by atoms with Crippen molar-refractivity contribution in [1.82, 2.24) is 19.7 Å². The molecule has 0 saturated heterocycles. The lowest BCUT2D eigenvalue weighted by Gasteiger charge is -2.14. The van der Waals surface area contributed by atoms with Gasteiger partial charge in [-0.25, -0.2) is 9.97 Å². The van der Waals surface area contributed by atoms with Crippen molar-refractivity contribution in [3.63, 3.8) is 0 Å². The van der Waals surface area contributed by atoms with Gasteiger partial charge < -0.3 is 24.8 Å². The van der Waals surface area contributed by atoms with Gasteiger partial charge in [0.05, 0.1) is 33.2 Å². The molecule has 0 bridgehead atoms. The Balaban J connectivity index is 1.37. The molecular weight excluding hydrogens is 446 g/mol. The Labute approximate surface area is 203 Å². The Morgan fingerprint density at radius 2 is 1.74 bits per heavy atom. The lowest BCUT2D eigenvalue weighted by Crippen LogP contribution is -2.25. The Hall–Kier alpha value is -4.27. The maximum Gasteiger partial charge on any atom is 0.251 e. The first-order chi connectivity index (χ1) is 17.1. The van der Waals surface area contributed by atoms with Gasteiger partial charge in [-0.2, -0.15) is 0 Å². The molecule has 1 aliphatic rings. The summed E-state index contributed by atoms with van der Waals surface area (Å²) in [4.78, 5) is 21.4. The zero-order valence-electron chi connectivity index (χ0n) is 19.9. The standard InChI is InChI=1S/C26H27N5O4/c1-33-21-12-16(13-22(34-2)23(21)35-3)14-28-24-25-29-15-20(31(25)11-10-27-24)17-4-6-18(7-5-17)26(32)30-19-8-9-19/h4-7,10-13,15,19H,8-9,14H2,1-3H3,(H,27,28)(H,30,32). The van der Waals surface area contributed by atoms with Gasteiger partial charge in [-0.05, 0) is 42.7 Å². The van der Waals surface area contributed by atoms with Gasteiger partial charge in [-0.15, -0.1) is 0 Å². The topological polar surface area (TPSA) is 99.0 Å². The van der Waals surface area contributed by atoms with E-state index in [0.29, 0.717) is 46.9 Å². The summed E-state index contributed by atoms with van der Waals surface area (Å²) < 4.78 is 18.3. The molecule has 2 aromatic heterocycles. The van der Waals surface area contributed by atoms with Gasteiger partial charge in [0, 0.05) is 36.1 Å². The van der Waals surface area contributed by atoms with E-state index >= 15 is 0 Å². The average molecular weight is 474 g/mol. The second-order valence-electron chi connectivity index (χ2n) is 8.33. The van der Waals surface area contributed by atoms with Gasteiger partial charge in [0.1, 0.15) is 0 Å². The molecule has 1 amide bonds. The van der Waals surface area contributed by atoms with E-state index in [2.05, 4.69) is 20.6 Å². The minimum Gasteiger partial charge on any atom is -0.493 e. The smallest absolute Gasteiger partial charge is 0.251 e. The monoisotopic (exact) mass is 473 g/mol. The van der Waals surface area contributed by atoms with Crippen LogP contribution >= 0.6 is 0 Å². The summed E-state index contributed by atoms with van der Waals surface area (Å²) >= 11 is 0. The van der Waals surface area contributed by atoms with Crippen LogP contribution in [0.3, 0.4) is 0 Å². The van der Waals surface area contributed by atoms with Gasteiger partial charge in [-0.1, -0.05) is 12.1 Å². The SMILES string of the molecule is COc1cc(CNc2nccn3c(-c4ccc(C(=O)NC5CC5)cc4)cnc23)cc(OC)c1OC. The van der Waals surface area contributed by atoms with E-state index in [1.807, 2.05) is 47.0 Å². The van der Waals surface area contributed by atoms with Gasteiger partial charge >= 0.3 is 0 Å². The summed E-state index contributed by atoms with van der Waals surface area (Å²) in [6, 6.07) is 11.7. The average Bonchev–Trinajstić information content (AvgIpc) is 3.61. The number of aromatic nitrogens is 3. The van der Waals surface area contributed by atoms with E-state index in [4.69, 9.17) is 14.2 Å². The number of anilines is 1. The van der Waals surface area contributed by atoms with Gasteiger partial charge in [0.2, 0.25) is 5.75 Å². The van der Waals surface area contributed by atoms with Crippen LogP contribution in [0.5, 0.6) is 17.2 Å². The predicted octanol–water partition coefficient (Wildman–Crippen LogP) is 3.93. The Morgan fingerprint density at radius 3 is 2.37 bits per heavy atom. The van der Waals surface area contributed by atoms with Crippen LogP contribution in [0, 0.1) is 0 Å². The maximum absolute atomic E-state index is 12.3. The Kier molecular flexibility index (Phi) is 6.13. The highest BCUT2D eigenvalue weighted by atomic mass is 16.5. The number of rotatable bonds is 9. The molecule has 1 saturated carbocycles. The quantitative estimate of drug-likeness (QED) is 0.380. The zero-order chi connectivity index (χ0) is 24.4. The van der Waals surface area contributed by atoms with Crippen LogP contribution in [0.1, 0.15) is 28.8 Å². The van der Waals surface area contributed by atoms with Crippen molar-refractivity contribution in [2.24, 2.45) is 0 Å². The summed E-state index contributed by atoms with van der Waals surface area (Å²) in [5.41, 5.74) is 4.17. The number of imidazole rings is 1. The maximum atomic E-state index is 12.3. The van der Waals surface area contributed by atoms with Crippen molar-refractivity contribution < 1.29 is 19.0 Å². The van der Waals surface area contributed by atoms with E-state index in [1.165, 1.54) is 0 Å². The van der Waals surface area contributed by atoms with Crippen LogP contribution in [0.2, 0.25) is 0 Å². The third-order valence-electron chi connectivity index (χ3n) is 5.97. The number of methoxy groups -OCH3 is 3. The number of nitrogens with zero attached hydrogens (tertiary/aromatic N) is 3. The molecule has 2 N–H and O–H groups in total. The number of nitrogens with one attached hydrogen (secondary N) is 2. The number of hydrogen-bond donors (Lipinski definition) is 2. The van der Waals surface area contributed by atoms with Crippen molar-refractivity contribution in [2.45, 2.75) is 25.4 Å². The highest BCUT2D eigenvalue weighted by Crippen LogP contribution is 2.38. The number of ether oxygens (including phenoxy) is 3. The molecule has 1 aliphatic carbocycles. The van der Waals surface area contributed by atoms with Crippen LogP contribution in [-0.4, -0.2) is 47.6 Å². The summed E-state index contributed by atoms with van der Waals surface area (Å²) in [5, 5.41) is 6.37. The summed E-state index contributed by atoms with van der Waals surface area (Å²) in [5.74, 6) is 2.35. The normalized spacial score (nSPS) is 12.9. The number of carbonyl (C=O) groups is 1. The zero-order valence-corrected chi connectivity index (χ0v) is 19.9. The highest BCUT2D eigenvalue weighted by molar-refractivity contribution is 5.95. The molecule has 0 radical (unpaired) electrons. The van der Waals surface area contributed by atoms with Gasteiger partial charge in [-0.3, -0.25) is 9.20 Å². The number of fused-ring (bicyclic) bond motifs is 1. The van der Waals surface area contributed by atoms with Gasteiger partial charge in [0.25, 0.3) is 5.91 Å². The molecule has 180 valence electrons. The second kappa shape index (κ2) is 9.54. The summed E-state index contributed by atoms with van der Waals surface area (Å²) in [6.45, 7) is 0.483. The molecule has 5 rings (SSSR count). The largest absolute Gasteiger partial charge is 0.493 e. The predicted molar refractivity (Wildman–Crippen MR) is 132 cm³/mol. The fraction of sp³-hybridized carbons (Fsp3) is 0.269. The second-order valence-corrected chi connectivity index (χ2v) is 8.33. The van der Waals surface area contributed by atoms with Crippen molar-refractivity contribution in [3.05, 3.63) is 66.1 Å². The van der Waals surface area contributed by atoms with Gasteiger partial charge in [0.15, 0.2) is 23.0 Å². The first kappa shape index (κ1) is 22.5. The molecular formula is C26H27N5O4. The molecule has 2 heterocycles. The number of carbonyl (C=O) groups excluding carboxylic acids is 1. The molecule has 0 spiro atoms. The van der Waals surface area contributed by atoms with E-state index in [-0.39, 0.29) is 5.91 Å². The van der Waals surface area contributed by atoms with E-state index in [0.717, 1.165) is 29.7 Å². The molecule has 4 aromatic rings. The molecule has 0 unspecified atom stereocenters. The van der Waals surface area contributed by atoms with Crippen molar-refractivity contribution in [2.75, 3.05) is 26.6 Å². The fourth-order valence-corrected chi connectivity index (χ4v) is 3.97. The first-order valence-electron chi connectivity index (χ1n) is 11.4. The fourth-order valence-electron chi connectivity index (χ4n) is 3.97. The molecule has 0 atom stereocenters. The van der Waals surface area contributed by atoms with Crippen LogP contribution in [-0.2, 0) is 6.54 Å². The summed E-state index contributed by atoms with van der Waals surface area (Å²) in [7, 11) is 4.76. The summed E-state index contributed by atoms with van der Waals surface area (Å²) in [6.07, 6.45) is 7.54. The van der Waals surface area contributed by atoms with Crippen molar-refractivity contribution in [1.29, 1.82) is 0 Å². The first-order valence-corrected chi connectivity index (χ1v) is 11.4. The molecule has 0 aliphatic heterocycles. The highest BCUT2D eigenvalue weighted by Gasteiger charge is 2.23. The molecule has 9 heteroatoms. The van der Waals surface area contributed by atoms with Crippen LogP contribution in [0.4, 0.5) is 5.82 Å². The van der Waals surface area contributed by atoms with Crippen LogP contribution < -0.4 is 24.8 Å². The Morgan fingerprint density at radius 1 is 1.03 bits per heavy atom. The van der Waals surface area contributed by atoms with E-state index < -0.39 is 0 Å². The molecule has 1 fully saturated rings. The van der Waals surface area contributed by atoms with Crippen LogP contribution in [0.25, 0.3) is 16.9 Å². The lowest BCUT2D eigenvalue weighted by molar-refractivity contribution is 0.0951. The van der Waals surface area contributed by atoms with E-state index in [9.17, 15) is 4.79 Å². The van der Waals surface area contributed by atoms with Crippen LogP contribution in [0.15, 0.2) is 55.0 Å². The number of benzene rings is 2. The molecule has 35 heavy (non-hydrogen) atoms. The Bertz CT molecular complexity index is 1340. The van der Waals surface area contributed by atoms with E-state index in [1.54, 1.807) is 33.7 Å². The lowest BCUT2D eigenvalue weighted by atomic mass is 10.1. The number of hydrogen-bond acceptors (Lipinski definition) is 7.